The second kappa shape index (κ2) is 11.4. The van der Waals surface area contributed by atoms with Gasteiger partial charge in [-0.3, -0.25) is 4.57 Å². The van der Waals surface area contributed by atoms with Gasteiger partial charge in [0.2, 0.25) is 0 Å². The van der Waals surface area contributed by atoms with Gasteiger partial charge in [-0.25, -0.2) is 4.98 Å². The van der Waals surface area contributed by atoms with Crippen LogP contribution >= 0.6 is 11.3 Å². The van der Waals surface area contributed by atoms with Crippen LogP contribution in [0.15, 0.2) is 127 Å². The van der Waals surface area contributed by atoms with Crippen LogP contribution in [0.1, 0.15) is 60.3 Å². The van der Waals surface area contributed by atoms with Crippen molar-refractivity contribution in [3.63, 3.8) is 0 Å². The molecular weight excluding hydrogens is 613 g/mol. The highest BCUT2D eigenvalue weighted by Crippen LogP contribution is 2.45. The third kappa shape index (κ3) is 4.71. The van der Waals surface area contributed by atoms with E-state index in [1.807, 2.05) is 18.2 Å². The molecule has 0 N–H and O–H groups in total. The zero-order chi connectivity index (χ0) is 35.9. The molecule has 0 saturated carbocycles. The molecule has 2 aromatic heterocycles. The first-order chi connectivity index (χ1) is 25.1. The second-order valence-corrected chi connectivity index (χ2v) is 14.8. The number of benzene rings is 7. The Balaban J connectivity index is 1.33. The number of thiophene rings is 1. The summed E-state index contributed by atoms with van der Waals surface area (Å²) in [5.41, 5.74) is 9.82. The summed E-state index contributed by atoms with van der Waals surface area (Å²) in [5.74, 6) is 1.49. The monoisotopic (exact) mass is 653 g/mol. The Kier molecular flexibility index (Phi) is 6.22. The molecule has 0 unspecified atom stereocenters. The maximum absolute atomic E-state index is 8.14. The van der Waals surface area contributed by atoms with E-state index in [0.717, 1.165) is 44.0 Å². The molecule has 0 atom stereocenters. The van der Waals surface area contributed by atoms with Gasteiger partial charge in [0.15, 0.2) is 0 Å². The molecule has 0 aliphatic carbocycles. The van der Waals surface area contributed by atoms with Gasteiger partial charge in [0.25, 0.3) is 0 Å². The van der Waals surface area contributed by atoms with Crippen molar-refractivity contribution in [3.8, 4) is 28.2 Å². The van der Waals surface area contributed by atoms with Crippen LogP contribution in [-0.2, 0) is 0 Å². The Bertz CT molecular complexity index is 2810. The number of aromatic nitrogens is 2. The standard InChI is InChI=1S/C46H38N2S/c1-27(2)37-24-32(30-14-7-6-8-15-30)25-38(28(3)4)44(37)48-42-20-10-9-19-41(42)47-46(48)36-18-12-17-35-40-23-31-21-22-33-29(5)13-11-16-34(33)39(31)26-43(40)49-45(35)36/h6-28H,1-5H3/i5D3. The van der Waals surface area contributed by atoms with E-state index in [9.17, 15) is 0 Å². The molecule has 0 aliphatic rings. The van der Waals surface area contributed by atoms with E-state index in [4.69, 9.17) is 9.10 Å². The predicted octanol–water partition coefficient (Wildman–Crippen LogP) is 13.6. The average molecular weight is 654 g/mol. The molecule has 0 radical (unpaired) electrons. The van der Waals surface area contributed by atoms with E-state index in [0.29, 0.717) is 5.56 Å². The molecule has 2 heterocycles. The minimum atomic E-state index is -2.18. The lowest BCUT2D eigenvalue weighted by atomic mass is 9.88. The Labute approximate surface area is 295 Å². The van der Waals surface area contributed by atoms with E-state index in [2.05, 4.69) is 135 Å². The number of hydrogen-bond donors (Lipinski definition) is 0. The summed E-state index contributed by atoms with van der Waals surface area (Å²) in [6.45, 7) is 6.98. The van der Waals surface area contributed by atoms with Gasteiger partial charge in [0, 0.05) is 29.8 Å². The van der Waals surface area contributed by atoms with Crippen molar-refractivity contribution < 1.29 is 4.11 Å². The topological polar surface area (TPSA) is 17.8 Å². The predicted molar refractivity (Wildman–Crippen MR) is 213 cm³/mol. The average Bonchev–Trinajstić information content (AvgIpc) is 3.71. The van der Waals surface area contributed by atoms with Crippen LogP contribution in [0.5, 0.6) is 0 Å². The molecule has 238 valence electrons. The zero-order valence-corrected chi connectivity index (χ0v) is 28.9. The van der Waals surface area contributed by atoms with Gasteiger partial charge in [-0.15, -0.1) is 11.3 Å². The number of nitrogens with zero attached hydrogens (tertiary/aromatic N) is 2. The van der Waals surface area contributed by atoms with Crippen LogP contribution in [0.2, 0.25) is 0 Å². The minimum absolute atomic E-state index is 0.276. The summed E-state index contributed by atoms with van der Waals surface area (Å²) in [4.78, 5) is 5.41. The molecule has 9 aromatic rings. The summed E-state index contributed by atoms with van der Waals surface area (Å²) in [5, 5.41) is 6.31. The molecule has 0 bridgehead atoms. The van der Waals surface area contributed by atoms with Crippen molar-refractivity contribution in [3.05, 3.63) is 144 Å². The SMILES string of the molecule is [2H]C([2H])([2H])c1cccc2c1ccc1cc3c(cc12)sc1c(-c2nc4ccccc4n2-c2c(C(C)C)cc(-c4ccccc4)cc2C(C)C)cccc13. The molecule has 0 aliphatic heterocycles. The fourth-order valence-corrected chi connectivity index (χ4v) is 8.84. The summed E-state index contributed by atoms with van der Waals surface area (Å²) in [6.07, 6.45) is 0. The van der Waals surface area contributed by atoms with Gasteiger partial charge in [-0.05, 0) is 111 Å². The molecule has 7 aromatic carbocycles. The largest absolute Gasteiger partial charge is 0.292 e. The van der Waals surface area contributed by atoms with Crippen LogP contribution < -0.4 is 0 Å². The minimum Gasteiger partial charge on any atom is -0.292 e. The van der Waals surface area contributed by atoms with E-state index < -0.39 is 6.85 Å². The fourth-order valence-electron chi connectivity index (χ4n) is 7.61. The lowest BCUT2D eigenvalue weighted by Crippen LogP contribution is -2.09. The second-order valence-electron chi connectivity index (χ2n) is 13.8. The van der Waals surface area contributed by atoms with Crippen LogP contribution in [0.4, 0.5) is 0 Å². The first-order valence-corrected chi connectivity index (χ1v) is 17.9. The Hall–Kier alpha value is -5.25. The van der Waals surface area contributed by atoms with E-state index in [1.165, 1.54) is 48.1 Å². The van der Waals surface area contributed by atoms with E-state index in [1.54, 1.807) is 17.4 Å². The van der Waals surface area contributed by atoms with Gasteiger partial charge in [0.05, 0.1) is 16.7 Å². The Morgan fingerprint density at radius 1 is 0.612 bits per heavy atom. The molecule has 0 fully saturated rings. The van der Waals surface area contributed by atoms with Gasteiger partial charge in [0.1, 0.15) is 5.82 Å². The summed E-state index contributed by atoms with van der Waals surface area (Å²) >= 11 is 1.79. The smallest absolute Gasteiger partial charge is 0.147 e. The first kappa shape index (κ1) is 26.7. The highest BCUT2D eigenvalue weighted by atomic mass is 32.1. The summed E-state index contributed by atoms with van der Waals surface area (Å²) < 4.78 is 29.2. The Morgan fingerprint density at radius 3 is 2.12 bits per heavy atom. The molecule has 0 spiro atoms. The maximum atomic E-state index is 8.14. The molecule has 49 heavy (non-hydrogen) atoms. The van der Waals surface area contributed by atoms with Gasteiger partial charge in [-0.2, -0.15) is 0 Å². The van der Waals surface area contributed by atoms with Crippen molar-refractivity contribution in [2.24, 2.45) is 0 Å². The lowest BCUT2D eigenvalue weighted by Gasteiger charge is -2.24. The van der Waals surface area contributed by atoms with Crippen LogP contribution in [0.25, 0.3) is 81.0 Å². The molecule has 0 amide bonds. The highest BCUT2D eigenvalue weighted by molar-refractivity contribution is 7.26. The number of fused-ring (bicyclic) bond motifs is 7. The molecule has 0 saturated heterocycles. The third-order valence-corrected chi connectivity index (χ3v) is 11.2. The Morgan fingerprint density at radius 2 is 1.35 bits per heavy atom. The normalized spacial score (nSPS) is 13.3. The molecular formula is C46H38N2S. The number of para-hydroxylation sites is 2. The molecule has 2 nitrogen and oxygen atoms in total. The number of imidazole rings is 1. The van der Waals surface area contributed by atoms with Crippen molar-refractivity contribution >= 4 is 64.1 Å². The first-order valence-electron chi connectivity index (χ1n) is 18.6. The van der Waals surface area contributed by atoms with Crippen LogP contribution in [0.3, 0.4) is 0 Å². The summed E-state index contributed by atoms with van der Waals surface area (Å²) in [6, 6.07) is 44.7. The highest BCUT2D eigenvalue weighted by Gasteiger charge is 2.25. The fraction of sp³-hybridized carbons (Fsp3) is 0.152. The van der Waals surface area contributed by atoms with Gasteiger partial charge < -0.3 is 0 Å². The van der Waals surface area contributed by atoms with E-state index in [-0.39, 0.29) is 11.8 Å². The lowest BCUT2D eigenvalue weighted by molar-refractivity contribution is 0.812. The number of rotatable bonds is 5. The van der Waals surface area contributed by atoms with Gasteiger partial charge in [-0.1, -0.05) is 113 Å². The number of hydrogen-bond acceptors (Lipinski definition) is 2. The molecule has 3 heteroatoms. The van der Waals surface area contributed by atoms with Crippen molar-refractivity contribution in [2.75, 3.05) is 0 Å². The van der Waals surface area contributed by atoms with Crippen molar-refractivity contribution in [1.82, 2.24) is 9.55 Å². The maximum Gasteiger partial charge on any atom is 0.147 e. The third-order valence-electron chi connectivity index (χ3n) is 10.0. The quantitative estimate of drug-likeness (QED) is 0.169. The van der Waals surface area contributed by atoms with Gasteiger partial charge >= 0.3 is 0 Å². The van der Waals surface area contributed by atoms with Crippen LogP contribution in [0, 0.1) is 6.85 Å². The summed E-state index contributed by atoms with van der Waals surface area (Å²) in [7, 11) is 0. The van der Waals surface area contributed by atoms with Crippen LogP contribution in [-0.4, -0.2) is 9.55 Å². The van der Waals surface area contributed by atoms with Crippen molar-refractivity contribution in [1.29, 1.82) is 0 Å². The molecule has 9 rings (SSSR count). The van der Waals surface area contributed by atoms with E-state index >= 15 is 0 Å². The number of aryl methyl sites for hydroxylation is 1. The van der Waals surface area contributed by atoms with Crippen molar-refractivity contribution in [2.45, 2.75) is 46.4 Å². The zero-order valence-electron chi connectivity index (χ0n) is 31.1.